The Kier molecular flexibility index (Phi) is 9.24. The van der Waals surface area contributed by atoms with E-state index in [1.54, 1.807) is 42.5 Å². The predicted molar refractivity (Wildman–Crippen MR) is 143 cm³/mol. The molecule has 3 aromatic rings. The van der Waals surface area contributed by atoms with E-state index in [0.717, 1.165) is 0 Å². The lowest BCUT2D eigenvalue weighted by atomic mass is 10.0. The quantitative estimate of drug-likeness (QED) is 0.283. The second-order valence-electron chi connectivity index (χ2n) is 7.88. The third-order valence-electron chi connectivity index (χ3n) is 5.29. The summed E-state index contributed by atoms with van der Waals surface area (Å²) < 4.78 is 28.1. The van der Waals surface area contributed by atoms with E-state index in [4.69, 9.17) is 11.6 Å². The van der Waals surface area contributed by atoms with Crippen molar-refractivity contribution in [2.75, 3.05) is 18.4 Å². The van der Waals surface area contributed by atoms with E-state index in [1.807, 2.05) is 13.8 Å². The first-order valence-corrected chi connectivity index (χ1v) is 13.8. The fraction of sp³-hybridized carbons (Fsp3) is 0.231. The number of rotatable bonds is 10. The minimum atomic E-state index is -3.64. The number of carbonyl (C=O) groups is 2. The summed E-state index contributed by atoms with van der Waals surface area (Å²) in [6.45, 7) is 4.73. The first-order chi connectivity index (χ1) is 16.7. The van der Waals surface area contributed by atoms with Crippen LogP contribution in [0.25, 0.3) is 0 Å². The molecule has 0 heterocycles. The fourth-order valence-corrected chi connectivity index (χ4v) is 5.78. The summed E-state index contributed by atoms with van der Waals surface area (Å²) in [6, 6.07) is 17.4. The maximum atomic E-state index is 13.2. The van der Waals surface area contributed by atoms with Crippen molar-refractivity contribution < 1.29 is 18.0 Å². The fourth-order valence-electron chi connectivity index (χ4n) is 3.58. The van der Waals surface area contributed by atoms with E-state index in [1.165, 1.54) is 28.6 Å². The van der Waals surface area contributed by atoms with Gasteiger partial charge < -0.3 is 5.32 Å². The van der Waals surface area contributed by atoms with Crippen molar-refractivity contribution in [2.45, 2.75) is 31.6 Å². The van der Waals surface area contributed by atoms with Crippen molar-refractivity contribution in [3.63, 3.8) is 0 Å². The van der Waals surface area contributed by atoms with Crippen LogP contribution in [0.15, 0.2) is 76.1 Å². The number of amides is 1. The van der Waals surface area contributed by atoms with Crippen molar-refractivity contribution in [3.05, 3.63) is 92.9 Å². The van der Waals surface area contributed by atoms with Gasteiger partial charge in [0.1, 0.15) is 0 Å². The lowest BCUT2D eigenvalue weighted by Crippen LogP contribution is -2.32. The van der Waals surface area contributed by atoms with Crippen molar-refractivity contribution in [1.29, 1.82) is 0 Å². The molecule has 0 aliphatic carbocycles. The molecule has 9 heteroatoms. The number of nitrogens with one attached hydrogen (secondary N) is 1. The Hall–Kier alpha value is -2.52. The maximum Gasteiger partial charge on any atom is 0.255 e. The molecule has 6 nitrogen and oxygen atoms in total. The summed E-state index contributed by atoms with van der Waals surface area (Å²) in [7, 11) is -3.64. The van der Waals surface area contributed by atoms with Crippen LogP contribution in [0, 0.1) is 0 Å². The molecule has 0 aliphatic heterocycles. The van der Waals surface area contributed by atoms with Crippen LogP contribution in [0.2, 0.25) is 5.02 Å². The number of hydrogen-bond donors (Lipinski definition) is 1. The molecule has 1 amide bonds. The number of benzene rings is 3. The summed E-state index contributed by atoms with van der Waals surface area (Å²) in [5, 5.41) is 3.07. The second-order valence-corrected chi connectivity index (χ2v) is 11.1. The molecule has 0 radical (unpaired) electrons. The molecule has 0 aromatic heterocycles. The predicted octanol–water partition coefficient (Wildman–Crippen LogP) is 6.40. The number of halogens is 2. The van der Waals surface area contributed by atoms with Crippen molar-refractivity contribution in [1.82, 2.24) is 4.31 Å². The zero-order chi connectivity index (χ0) is 25.6. The van der Waals surface area contributed by atoms with E-state index in [-0.39, 0.29) is 21.8 Å². The van der Waals surface area contributed by atoms with Gasteiger partial charge in [0.05, 0.1) is 15.6 Å². The normalized spacial score (nSPS) is 11.5. The molecular weight excluding hydrogens is 552 g/mol. The van der Waals surface area contributed by atoms with Gasteiger partial charge in [-0.25, -0.2) is 8.42 Å². The van der Waals surface area contributed by atoms with Gasteiger partial charge in [-0.2, -0.15) is 4.31 Å². The van der Waals surface area contributed by atoms with E-state index in [9.17, 15) is 18.0 Å². The zero-order valence-corrected chi connectivity index (χ0v) is 22.6. The molecule has 3 rings (SSSR count). The van der Waals surface area contributed by atoms with Crippen LogP contribution in [0.4, 0.5) is 5.69 Å². The zero-order valence-electron chi connectivity index (χ0n) is 19.4. The molecule has 0 unspecified atom stereocenters. The largest absolute Gasteiger partial charge is 0.321 e. The highest BCUT2D eigenvalue weighted by Crippen LogP contribution is 2.27. The molecule has 0 fully saturated rings. The van der Waals surface area contributed by atoms with Gasteiger partial charge in [-0.1, -0.05) is 53.5 Å². The summed E-state index contributed by atoms with van der Waals surface area (Å²) in [6.07, 6.45) is 1.42. The molecule has 0 spiro atoms. The molecule has 0 saturated heterocycles. The van der Waals surface area contributed by atoms with Crippen LogP contribution in [0.1, 0.15) is 53.0 Å². The van der Waals surface area contributed by atoms with Crippen LogP contribution in [0.3, 0.4) is 0 Å². The third kappa shape index (κ3) is 6.38. The summed E-state index contributed by atoms with van der Waals surface area (Å²) >= 11 is 9.57. The van der Waals surface area contributed by atoms with Gasteiger partial charge in [0.25, 0.3) is 5.91 Å². The Balaban J connectivity index is 1.86. The van der Waals surface area contributed by atoms with Crippen LogP contribution >= 0.6 is 27.5 Å². The highest BCUT2D eigenvalue weighted by Gasteiger charge is 2.24. The Bertz CT molecular complexity index is 1320. The van der Waals surface area contributed by atoms with Crippen LogP contribution in [0.5, 0.6) is 0 Å². The summed E-state index contributed by atoms with van der Waals surface area (Å²) in [5.74, 6) is -0.802. The average molecular weight is 578 g/mol. The smallest absolute Gasteiger partial charge is 0.255 e. The maximum absolute atomic E-state index is 13.2. The minimum absolute atomic E-state index is 0.133. The number of anilines is 1. The molecule has 35 heavy (non-hydrogen) atoms. The Labute approximate surface area is 219 Å². The highest BCUT2D eigenvalue weighted by atomic mass is 79.9. The lowest BCUT2D eigenvalue weighted by Gasteiger charge is -2.21. The number of nitrogens with zero attached hydrogens (tertiary/aromatic N) is 1. The lowest BCUT2D eigenvalue weighted by molar-refractivity contribution is 0.102. The Morgan fingerprint density at radius 3 is 2.14 bits per heavy atom. The number of ketones is 1. The first-order valence-electron chi connectivity index (χ1n) is 11.2. The summed E-state index contributed by atoms with van der Waals surface area (Å²) in [5.41, 5.74) is 1.17. The van der Waals surface area contributed by atoms with Gasteiger partial charge >= 0.3 is 0 Å². The van der Waals surface area contributed by atoms with Crippen molar-refractivity contribution in [2.24, 2.45) is 0 Å². The van der Waals surface area contributed by atoms with Crippen molar-refractivity contribution in [3.8, 4) is 0 Å². The molecule has 1 N–H and O–H groups in total. The molecular formula is C26H26BrClN2O4S. The first kappa shape index (κ1) is 27.1. The molecule has 0 atom stereocenters. The van der Waals surface area contributed by atoms with Gasteiger partial charge in [-0.3, -0.25) is 9.59 Å². The molecule has 184 valence electrons. The third-order valence-corrected chi connectivity index (χ3v) is 8.03. The Morgan fingerprint density at radius 1 is 0.914 bits per heavy atom. The van der Waals surface area contributed by atoms with E-state index < -0.39 is 15.9 Å². The van der Waals surface area contributed by atoms with Gasteiger partial charge in [-0.15, -0.1) is 0 Å². The Morgan fingerprint density at radius 2 is 1.54 bits per heavy atom. The van der Waals surface area contributed by atoms with Crippen LogP contribution in [-0.4, -0.2) is 37.5 Å². The SMILES string of the molecule is CCCN(CCC)S(=O)(=O)c1ccc(C(=O)Nc2ccc(Br)cc2C(=O)c2ccccc2Cl)cc1. The average Bonchev–Trinajstić information content (AvgIpc) is 2.85. The number of sulfonamides is 1. The highest BCUT2D eigenvalue weighted by molar-refractivity contribution is 9.10. The van der Waals surface area contributed by atoms with Gasteiger partial charge in [0.15, 0.2) is 5.78 Å². The monoisotopic (exact) mass is 576 g/mol. The van der Waals surface area contributed by atoms with Gasteiger partial charge in [0, 0.05) is 34.3 Å². The molecule has 0 saturated carbocycles. The molecule has 3 aromatic carbocycles. The van der Waals surface area contributed by atoms with Gasteiger partial charge in [-0.05, 0) is 67.4 Å². The number of carbonyl (C=O) groups excluding carboxylic acids is 2. The van der Waals surface area contributed by atoms with Crippen LogP contribution in [-0.2, 0) is 10.0 Å². The minimum Gasteiger partial charge on any atom is -0.321 e. The molecule has 0 bridgehead atoms. The summed E-state index contributed by atoms with van der Waals surface area (Å²) in [4.78, 5) is 26.2. The van der Waals surface area contributed by atoms with Gasteiger partial charge in [0.2, 0.25) is 10.0 Å². The number of hydrogen-bond acceptors (Lipinski definition) is 4. The topological polar surface area (TPSA) is 83.6 Å². The second kappa shape index (κ2) is 11.9. The van der Waals surface area contributed by atoms with E-state index in [2.05, 4.69) is 21.2 Å². The molecule has 0 aliphatic rings. The standard InChI is InChI=1S/C26H26BrClN2O4S/c1-3-15-30(16-4-2)35(33,34)20-12-9-18(10-13-20)26(32)29-24-14-11-19(27)17-22(24)25(31)21-7-5-6-8-23(21)28/h5-14,17H,3-4,15-16H2,1-2H3,(H,29,32). The van der Waals surface area contributed by atoms with E-state index in [0.29, 0.717) is 46.7 Å². The van der Waals surface area contributed by atoms with Crippen LogP contribution < -0.4 is 5.32 Å². The van der Waals surface area contributed by atoms with E-state index >= 15 is 0 Å². The van der Waals surface area contributed by atoms with Crippen molar-refractivity contribution >= 4 is 54.9 Å².